The van der Waals surface area contributed by atoms with E-state index in [0.29, 0.717) is 35.7 Å². The van der Waals surface area contributed by atoms with Gasteiger partial charge in [-0.25, -0.2) is 4.98 Å². The van der Waals surface area contributed by atoms with Crippen molar-refractivity contribution >= 4 is 29.3 Å². The van der Waals surface area contributed by atoms with Crippen molar-refractivity contribution in [3.63, 3.8) is 0 Å². The first-order valence-corrected chi connectivity index (χ1v) is 10.6. The average molecular weight is 409 g/mol. The molecule has 1 saturated heterocycles. The van der Waals surface area contributed by atoms with Crippen LogP contribution in [0.15, 0.2) is 30.5 Å². The number of nitrogens with one attached hydrogen (secondary N) is 2. The summed E-state index contributed by atoms with van der Waals surface area (Å²) in [7, 11) is 0. The van der Waals surface area contributed by atoms with Gasteiger partial charge in [0, 0.05) is 37.4 Å². The molecule has 0 atom stereocenters. The van der Waals surface area contributed by atoms with E-state index in [1.54, 1.807) is 0 Å². The maximum absolute atomic E-state index is 11.8. The molecule has 1 aromatic heterocycles. The molecule has 8 heteroatoms. The summed E-state index contributed by atoms with van der Waals surface area (Å²) in [5, 5.41) is 6.44. The van der Waals surface area contributed by atoms with E-state index in [9.17, 15) is 9.59 Å². The van der Waals surface area contributed by atoms with Crippen LogP contribution in [0.25, 0.3) is 0 Å². The van der Waals surface area contributed by atoms with E-state index >= 15 is 0 Å². The maximum Gasteiger partial charge on any atom is 0.254 e. The molecule has 158 valence electrons. The number of aromatic nitrogens is 2. The molecular weight excluding hydrogens is 380 g/mol. The number of carbonyl (C=O) groups is 2. The minimum absolute atomic E-state index is 0.242. The van der Waals surface area contributed by atoms with Crippen molar-refractivity contribution in [3.8, 4) is 0 Å². The topological polar surface area (TPSA) is 113 Å². The number of primary amides is 1. The first kappa shape index (κ1) is 20.1. The van der Waals surface area contributed by atoms with Gasteiger partial charge in [0.1, 0.15) is 5.82 Å². The summed E-state index contributed by atoms with van der Waals surface area (Å²) < 4.78 is 0. The molecule has 2 aliphatic rings. The number of amides is 2. The highest BCUT2D eigenvalue weighted by Gasteiger charge is 2.25. The van der Waals surface area contributed by atoms with E-state index in [2.05, 4.69) is 32.7 Å². The Kier molecular flexibility index (Phi) is 5.83. The summed E-state index contributed by atoms with van der Waals surface area (Å²) in [6.45, 7) is 3.57. The number of hydrogen-bond acceptors (Lipinski definition) is 6. The van der Waals surface area contributed by atoms with Crippen molar-refractivity contribution in [2.75, 3.05) is 23.7 Å². The first-order chi connectivity index (χ1) is 14.5. The van der Waals surface area contributed by atoms with Crippen LogP contribution in [0.2, 0.25) is 0 Å². The third-order valence-electron chi connectivity index (χ3n) is 5.76. The fraction of sp³-hybridized carbons (Fsp3) is 0.455. The Labute approximate surface area is 176 Å². The summed E-state index contributed by atoms with van der Waals surface area (Å²) in [6, 6.07) is 8.61. The molecule has 2 heterocycles. The van der Waals surface area contributed by atoms with Crippen LogP contribution in [-0.4, -0.2) is 45.8 Å². The van der Waals surface area contributed by atoms with Crippen molar-refractivity contribution in [1.82, 2.24) is 14.9 Å². The quantitative estimate of drug-likeness (QED) is 0.649. The molecule has 2 amide bonds. The van der Waals surface area contributed by atoms with Crippen LogP contribution in [0.3, 0.4) is 0 Å². The number of nitrogens with two attached hydrogens (primary N) is 1. The predicted octanol–water partition coefficient (Wildman–Crippen LogP) is 3.01. The van der Waals surface area contributed by atoms with E-state index in [1.807, 2.05) is 24.0 Å². The lowest BCUT2D eigenvalue weighted by molar-refractivity contribution is -0.131. The molecule has 0 radical (unpaired) electrons. The highest BCUT2D eigenvalue weighted by molar-refractivity contribution is 5.97. The van der Waals surface area contributed by atoms with Crippen LogP contribution >= 0.6 is 0 Å². The molecule has 1 aromatic carbocycles. The minimum Gasteiger partial charge on any atom is -0.367 e. The third kappa shape index (κ3) is 4.69. The number of anilines is 3. The Bertz CT molecular complexity index is 918. The molecule has 0 unspecified atom stereocenters. The zero-order valence-electron chi connectivity index (χ0n) is 17.2. The van der Waals surface area contributed by atoms with Crippen LogP contribution in [0.5, 0.6) is 0 Å². The lowest BCUT2D eigenvalue weighted by Crippen LogP contribution is -2.37. The fourth-order valence-electron chi connectivity index (χ4n) is 3.81. The largest absolute Gasteiger partial charge is 0.367 e. The van der Waals surface area contributed by atoms with Crippen LogP contribution in [0.1, 0.15) is 60.9 Å². The van der Waals surface area contributed by atoms with Gasteiger partial charge in [-0.15, -0.1) is 0 Å². The van der Waals surface area contributed by atoms with Crippen molar-refractivity contribution in [1.29, 1.82) is 0 Å². The second-order valence-corrected chi connectivity index (χ2v) is 7.99. The molecule has 30 heavy (non-hydrogen) atoms. The number of carbonyl (C=O) groups excluding carboxylic acids is 2. The standard InChI is InChI=1S/C22H28N6O2/c1-2-19(29)28-11-9-15(10-12-28)14-3-5-17(6-4-14)26-22-24-13-18(20(23)30)21(27-22)25-16-7-8-16/h3-6,13,15-16H,2,7-12H2,1H3,(H2,23,30)(H2,24,25,26,27). The number of nitrogens with zero attached hydrogens (tertiary/aromatic N) is 3. The molecule has 4 rings (SSSR count). The van der Waals surface area contributed by atoms with E-state index in [0.717, 1.165) is 44.5 Å². The molecule has 8 nitrogen and oxygen atoms in total. The van der Waals surface area contributed by atoms with Crippen molar-refractivity contribution in [3.05, 3.63) is 41.6 Å². The van der Waals surface area contributed by atoms with Gasteiger partial charge in [-0.1, -0.05) is 19.1 Å². The van der Waals surface area contributed by atoms with Gasteiger partial charge in [-0.05, 0) is 49.3 Å². The van der Waals surface area contributed by atoms with E-state index < -0.39 is 5.91 Å². The molecule has 1 aliphatic heterocycles. The van der Waals surface area contributed by atoms with Crippen molar-refractivity contribution < 1.29 is 9.59 Å². The van der Waals surface area contributed by atoms with Crippen LogP contribution < -0.4 is 16.4 Å². The van der Waals surface area contributed by atoms with E-state index in [-0.39, 0.29) is 5.91 Å². The second kappa shape index (κ2) is 8.69. The third-order valence-corrected chi connectivity index (χ3v) is 5.76. The van der Waals surface area contributed by atoms with Gasteiger partial charge < -0.3 is 21.3 Å². The number of likely N-dealkylation sites (tertiary alicyclic amines) is 1. The zero-order chi connectivity index (χ0) is 21.1. The van der Waals surface area contributed by atoms with Gasteiger partial charge in [0.15, 0.2) is 0 Å². The van der Waals surface area contributed by atoms with Crippen LogP contribution in [0, 0.1) is 0 Å². The normalized spacial score (nSPS) is 16.9. The highest BCUT2D eigenvalue weighted by Crippen LogP contribution is 2.30. The smallest absolute Gasteiger partial charge is 0.254 e. The first-order valence-electron chi connectivity index (χ1n) is 10.6. The summed E-state index contributed by atoms with van der Waals surface area (Å²) in [5.74, 6) is 1.07. The van der Waals surface area contributed by atoms with Gasteiger partial charge in [0.05, 0.1) is 5.56 Å². The van der Waals surface area contributed by atoms with Gasteiger partial charge in [-0.2, -0.15) is 4.98 Å². The number of hydrogen-bond donors (Lipinski definition) is 3. The maximum atomic E-state index is 11.8. The lowest BCUT2D eigenvalue weighted by Gasteiger charge is -2.32. The zero-order valence-corrected chi connectivity index (χ0v) is 17.2. The van der Waals surface area contributed by atoms with Gasteiger partial charge in [-0.3, -0.25) is 9.59 Å². The monoisotopic (exact) mass is 408 g/mol. The Hall–Kier alpha value is -3.16. The Morgan fingerprint density at radius 3 is 2.43 bits per heavy atom. The lowest BCUT2D eigenvalue weighted by atomic mass is 9.89. The summed E-state index contributed by atoms with van der Waals surface area (Å²) >= 11 is 0. The number of benzene rings is 1. The van der Waals surface area contributed by atoms with Crippen molar-refractivity contribution in [2.24, 2.45) is 5.73 Å². The van der Waals surface area contributed by atoms with Gasteiger partial charge in [0.25, 0.3) is 5.91 Å². The molecule has 1 saturated carbocycles. The average Bonchev–Trinajstić information content (AvgIpc) is 3.58. The summed E-state index contributed by atoms with van der Waals surface area (Å²) in [6.07, 6.45) is 6.16. The van der Waals surface area contributed by atoms with E-state index in [4.69, 9.17) is 5.73 Å². The van der Waals surface area contributed by atoms with E-state index in [1.165, 1.54) is 11.8 Å². The Morgan fingerprint density at radius 1 is 1.13 bits per heavy atom. The fourth-order valence-corrected chi connectivity index (χ4v) is 3.81. The van der Waals surface area contributed by atoms with Crippen LogP contribution in [-0.2, 0) is 4.79 Å². The summed E-state index contributed by atoms with van der Waals surface area (Å²) in [5.41, 5.74) is 7.89. The minimum atomic E-state index is -0.541. The molecule has 2 fully saturated rings. The Morgan fingerprint density at radius 2 is 1.83 bits per heavy atom. The molecule has 4 N–H and O–H groups in total. The van der Waals surface area contributed by atoms with Gasteiger partial charge in [0.2, 0.25) is 11.9 Å². The highest BCUT2D eigenvalue weighted by atomic mass is 16.2. The van der Waals surface area contributed by atoms with Crippen molar-refractivity contribution in [2.45, 2.75) is 51.0 Å². The van der Waals surface area contributed by atoms with Gasteiger partial charge >= 0.3 is 0 Å². The Balaban J connectivity index is 1.40. The SMILES string of the molecule is CCC(=O)N1CCC(c2ccc(Nc3ncc(C(N)=O)c(NC4CC4)n3)cc2)CC1. The molecule has 0 spiro atoms. The summed E-state index contributed by atoms with van der Waals surface area (Å²) in [4.78, 5) is 34.1. The molecule has 1 aliphatic carbocycles. The van der Waals surface area contributed by atoms with Crippen LogP contribution in [0.4, 0.5) is 17.5 Å². The predicted molar refractivity (Wildman–Crippen MR) is 116 cm³/mol. The number of piperidine rings is 1. The molecular formula is C22H28N6O2. The number of rotatable bonds is 7. The molecule has 2 aromatic rings. The second-order valence-electron chi connectivity index (χ2n) is 7.99. The molecule has 0 bridgehead atoms.